The van der Waals surface area contributed by atoms with E-state index in [1.807, 2.05) is 0 Å². The first-order valence-electron chi connectivity index (χ1n) is 5.19. The Labute approximate surface area is 109 Å². The monoisotopic (exact) mass is 294 g/mol. The van der Waals surface area contributed by atoms with Crippen molar-refractivity contribution in [3.8, 4) is 6.07 Å². The largest absolute Gasteiger partial charge is 0.461 e. The van der Waals surface area contributed by atoms with Crippen molar-refractivity contribution >= 4 is 5.97 Å². The van der Waals surface area contributed by atoms with Gasteiger partial charge in [0, 0.05) is 6.20 Å². The van der Waals surface area contributed by atoms with Crippen LogP contribution >= 0.6 is 0 Å². The summed E-state index contributed by atoms with van der Waals surface area (Å²) >= 11 is 0. The first kappa shape index (κ1) is 15.8. The summed E-state index contributed by atoms with van der Waals surface area (Å²) in [6, 6.07) is 1.04. The van der Waals surface area contributed by atoms with E-state index in [4.69, 9.17) is 5.26 Å². The van der Waals surface area contributed by atoms with E-state index in [9.17, 15) is 26.7 Å². The third-order valence-corrected chi connectivity index (χ3v) is 2.22. The lowest BCUT2D eigenvalue weighted by atomic mass is 10.0. The molecule has 0 bridgehead atoms. The third-order valence-electron chi connectivity index (χ3n) is 2.22. The van der Waals surface area contributed by atoms with Crippen molar-refractivity contribution in [2.75, 3.05) is 6.61 Å². The lowest BCUT2D eigenvalue weighted by Gasteiger charge is -2.14. The second-order valence-corrected chi connectivity index (χ2v) is 3.44. The Morgan fingerprint density at radius 1 is 1.50 bits per heavy atom. The van der Waals surface area contributed by atoms with Crippen LogP contribution in [0.25, 0.3) is 0 Å². The summed E-state index contributed by atoms with van der Waals surface area (Å²) in [5.74, 6) is -1.31. The lowest BCUT2D eigenvalue weighted by Crippen LogP contribution is -2.17. The molecule has 0 atom stereocenters. The highest BCUT2D eigenvalue weighted by atomic mass is 19.4. The third kappa shape index (κ3) is 3.01. The zero-order valence-corrected chi connectivity index (χ0v) is 9.96. The summed E-state index contributed by atoms with van der Waals surface area (Å²) in [5.41, 5.74) is -5.32. The van der Waals surface area contributed by atoms with Crippen LogP contribution in [0.5, 0.6) is 0 Å². The van der Waals surface area contributed by atoms with Gasteiger partial charge in [-0.1, -0.05) is 0 Å². The molecule has 1 heterocycles. The maximum absolute atomic E-state index is 12.9. The van der Waals surface area contributed by atoms with Crippen LogP contribution in [0.15, 0.2) is 6.20 Å². The van der Waals surface area contributed by atoms with E-state index in [0.717, 1.165) is 6.07 Å². The van der Waals surface area contributed by atoms with Crippen molar-refractivity contribution in [1.29, 1.82) is 5.26 Å². The Kier molecular flexibility index (Phi) is 4.60. The fourth-order valence-corrected chi connectivity index (χ4v) is 1.44. The van der Waals surface area contributed by atoms with Crippen molar-refractivity contribution in [1.82, 2.24) is 4.98 Å². The number of alkyl halides is 5. The Hall–Kier alpha value is -2.24. The summed E-state index contributed by atoms with van der Waals surface area (Å²) < 4.78 is 68.0. The Morgan fingerprint density at radius 3 is 2.50 bits per heavy atom. The van der Waals surface area contributed by atoms with Crippen LogP contribution in [0.2, 0.25) is 0 Å². The lowest BCUT2D eigenvalue weighted by molar-refractivity contribution is -0.138. The molecule has 0 aliphatic heterocycles. The molecule has 1 rings (SSSR count). The van der Waals surface area contributed by atoms with Crippen LogP contribution in [0, 0.1) is 11.3 Å². The van der Waals surface area contributed by atoms with Gasteiger partial charge in [0.1, 0.15) is 6.07 Å². The van der Waals surface area contributed by atoms with Gasteiger partial charge in [0.25, 0.3) is 6.43 Å². The van der Waals surface area contributed by atoms with E-state index in [1.165, 1.54) is 6.92 Å². The van der Waals surface area contributed by atoms with Gasteiger partial charge in [-0.3, -0.25) is 0 Å². The van der Waals surface area contributed by atoms with Crippen LogP contribution in [0.3, 0.4) is 0 Å². The van der Waals surface area contributed by atoms with E-state index in [2.05, 4.69) is 9.72 Å². The molecule has 0 aliphatic rings. The fraction of sp³-hybridized carbons (Fsp3) is 0.364. The van der Waals surface area contributed by atoms with Crippen molar-refractivity contribution in [3.05, 3.63) is 28.6 Å². The van der Waals surface area contributed by atoms with Crippen LogP contribution in [0.4, 0.5) is 22.0 Å². The molecule has 20 heavy (non-hydrogen) atoms. The number of carbonyl (C=O) groups is 1. The van der Waals surface area contributed by atoms with Crippen molar-refractivity contribution in [3.63, 3.8) is 0 Å². The number of nitrogens with zero attached hydrogens (tertiary/aromatic N) is 2. The Morgan fingerprint density at radius 2 is 2.10 bits per heavy atom. The fourth-order valence-electron chi connectivity index (χ4n) is 1.44. The van der Waals surface area contributed by atoms with Gasteiger partial charge in [-0.15, -0.1) is 0 Å². The molecule has 0 saturated carbocycles. The molecular weight excluding hydrogens is 287 g/mol. The smallest absolute Gasteiger partial charge is 0.419 e. The summed E-state index contributed by atoms with van der Waals surface area (Å²) in [6.45, 7) is 1.21. The zero-order valence-electron chi connectivity index (χ0n) is 9.96. The number of halogens is 5. The van der Waals surface area contributed by atoms with Gasteiger partial charge < -0.3 is 4.74 Å². The molecule has 108 valence electrons. The number of hydrogen-bond acceptors (Lipinski definition) is 4. The standard InChI is InChI=1S/C11H7F5N2O2/c1-2-20-10(19)8-7(9(12)13)5(3-17)6(4-18-8)11(14,15)16/h4,9H,2H2,1H3. The number of nitriles is 1. The van der Waals surface area contributed by atoms with E-state index in [1.54, 1.807) is 0 Å². The predicted molar refractivity (Wildman–Crippen MR) is 54.9 cm³/mol. The average Bonchev–Trinajstić information content (AvgIpc) is 2.35. The van der Waals surface area contributed by atoms with Gasteiger partial charge in [0.2, 0.25) is 0 Å². The van der Waals surface area contributed by atoms with E-state index in [-0.39, 0.29) is 12.8 Å². The summed E-state index contributed by atoms with van der Waals surface area (Å²) in [5, 5.41) is 8.68. The van der Waals surface area contributed by atoms with E-state index < -0.39 is 41.0 Å². The molecule has 1 aromatic rings. The molecule has 0 fully saturated rings. The van der Waals surface area contributed by atoms with Crippen LogP contribution < -0.4 is 0 Å². The molecule has 9 heteroatoms. The molecule has 0 spiro atoms. The van der Waals surface area contributed by atoms with Gasteiger partial charge in [-0.25, -0.2) is 18.6 Å². The SMILES string of the molecule is CCOC(=O)c1ncc(C(F)(F)F)c(C#N)c1C(F)F. The summed E-state index contributed by atoms with van der Waals surface area (Å²) in [7, 11) is 0. The number of aromatic nitrogens is 1. The molecule has 0 radical (unpaired) electrons. The van der Waals surface area contributed by atoms with E-state index in [0.29, 0.717) is 0 Å². The number of pyridine rings is 1. The van der Waals surface area contributed by atoms with E-state index >= 15 is 0 Å². The number of rotatable bonds is 3. The van der Waals surface area contributed by atoms with Crippen LogP contribution in [0.1, 0.15) is 40.5 Å². The molecule has 0 aliphatic carbocycles. The van der Waals surface area contributed by atoms with Crippen molar-refractivity contribution < 1.29 is 31.5 Å². The minimum atomic E-state index is -5.03. The summed E-state index contributed by atoms with van der Waals surface area (Å²) in [6.07, 6.45) is -8.34. The second kappa shape index (κ2) is 5.81. The molecular formula is C11H7F5N2O2. The molecule has 1 aromatic heterocycles. The molecule has 0 aromatic carbocycles. The highest BCUT2D eigenvalue weighted by Crippen LogP contribution is 2.36. The summed E-state index contributed by atoms with van der Waals surface area (Å²) in [4.78, 5) is 14.5. The van der Waals surface area contributed by atoms with Gasteiger partial charge in [0.15, 0.2) is 5.69 Å². The minimum Gasteiger partial charge on any atom is -0.461 e. The topological polar surface area (TPSA) is 63.0 Å². The normalized spacial score (nSPS) is 11.3. The van der Waals surface area contributed by atoms with Crippen LogP contribution in [-0.2, 0) is 10.9 Å². The molecule has 0 amide bonds. The predicted octanol–water partition coefficient (Wildman–Crippen LogP) is 3.09. The number of carbonyl (C=O) groups excluding carboxylic acids is 1. The molecule has 0 unspecified atom stereocenters. The van der Waals surface area contributed by atoms with Gasteiger partial charge in [-0.05, 0) is 6.92 Å². The first-order valence-corrected chi connectivity index (χ1v) is 5.19. The Balaban J connectivity index is 3.60. The minimum absolute atomic E-state index is 0.163. The van der Waals surface area contributed by atoms with Crippen molar-refractivity contribution in [2.24, 2.45) is 0 Å². The molecule has 0 saturated heterocycles. The number of ether oxygens (including phenoxy) is 1. The van der Waals surface area contributed by atoms with Crippen LogP contribution in [-0.4, -0.2) is 17.6 Å². The first-order chi connectivity index (χ1) is 9.23. The molecule has 0 N–H and O–H groups in total. The maximum Gasteiger partial charge on any atom is 0.419 e. The zero-order chi connectivity index (χ0) is 15.5. The van der Waals surface area contributed by atoms with Gasteiger partial charge in [0.05, 0.1) is 23.3 Å². The average molecular weight is 294 g/mol. The Bertz CT molecular complexity index is 563. The van der Waals surface area contributed by atoms with Gasteiger partial charge in [-0.2, -0.15) is 18.4 Å². The van der Waals surface area contributed by atoms with Crippen molar-refractivity contribution in [2.45, 2.75) is 19.5 Å². The highest BCUT2D eigenvalue weighted by molar-refractivity contribution is 5.90. The second-order valence-electron chi connectivity index (χ2n) is 3.44. The maximum atomic E-state index is 12.9. The highest BCUT2D eigenvalue weighted by Gasteiger charge is 2.38. The van der Waals surface area contributed by atoms with Gasteiger partial charge >= 0.3 is 12.1 Å². The quantitative estimate of drug-likeness (QED) is 0.635. The number of esters is 1. The number of hydrogen-bond donors (Lipinski definition) is 0. The molecule has 4 nitrogen and oxygen atoms in total.